The minimum atomic E-state index is -3.71. The second kappa shape index (κ2) is 9.00. The number of aromatic nitrogens is 1. The number of aryl methyl sites for hydroxylation is 1. The summed E-state index contributed by atoms with van der Waals surface area (Å²) in [5.74, 6) is -0.525. The first-order chi connectivity index (χ1) is 15.9. The lowest BCUT2D eigenvalue weighted by molar-refractivity contribution is -0.0440. The standard InChI is InChI=1S/C22H25N3O6S3/c1-14-12-25(13-15(2)31-14)34(29,30)17-7-5-16(6-8-17)21(26)23-22-24(3)19-10-9-18(33(4,27)28)11-20(19)32-22/h5-11,14-15H,12-13H2,1-4H3/t14-,15+. The first-order valence-electron chi connectivity index (χ1n) is 10.5. The van der Waals surface area contributed by atoms with Gasteiger partial charge in [0.15, 0.2) is 14.6 Å². The molecule has 3 aromatic rings. The fourth-order valence-electron chi connectivity index (χ4n) is 3.85. The zero-order valence-electron chi connectivity index (χ0n) is 19.1. The van der Waals surface area contributed by atoms with Gasteiger partial charge >= 0.3 is 0 Å². The molecule has 0 N–H and O–H groups in total. The Balaban J connectivity index is 1.62. The van der Waals surface area contributed by atoms with E-state index in [9.17, 15) is 21.6 Å². The smallest absolute Gasteiger partial charge is 0.279 e. The molecule has 0 spiro atoms. The fraction of sp³-hybridized carbons (Fsp3) is 0.364. The number of ether oxygens (including phenoxy) is 1. The molecule has 4 rings (SSSR count). The molecule has 1 aromatic heterocycles. The molecular weight excluding hydrogens is 498 g/mol. The van der Waals surface area contributed by atoms with Crippen LogP contribution in [0.2, 0.25) is 0 Å². The van der Waals surface area contributed by atoms with Gasteiger partial charge in [0.1, 0.15) is 0 Å². The van der Waals surface area contributed by atoms with Crippen LogP contribution >= 0.6 is 11.3 Å². The van der Waals surface area contributed by atoms with Crippen molar-refractivity contribution < 1.29 is 26.4 Å². The largest absolute Gasteiger partial charge is 0.373 e. The predicted molar refractivity (Wildman–Crippen MR) is 129 cm³/mol. The second-order valence-electron chi connectivity index (χ2n) is 8.37. The Hall–Kier alpha value is -2.38. The molecule has 2 aromatic carbocycles. The molecule has 1 aliphatic heterocycles. The number of rotatable bonds is 4. The number of morpholine rings is 1. The van der Waals surface area contributed by atoms with Crippen LogP contribution in [0.4, 0.5) is 0 Å². The SMILES string of the molecule is C[C@@H]1CN(S(=O)(=O)c2ccc(C(=O)N=c3sc4cc(S(C)(=O)=O)ccc4n3C)cc2)C[C@H](C)O1. The molecule has 2 atom stereocenters. The minimum Gasteiger partial charge on any atom is -0.373 e. The zero-order valence-corrected chi connectivity index (χ0v) is 21.6. The number of sulfonamides is 1. The van der Waals surface area contributed by atoms with Gasteiger partial charge in [-0.05, 0) is 56.3 Å². The lowest BCUT2D eigenvalue weighted by Crippen LogP contribution is -2.48. The summed E-state index contributed by atoms with van der Waals surface area (Å²) in [5, 5.41) is 0. The average Bonchev–Trinajstić information content (AvgIpc) is 3.07. The Kier molecular flexibility index (Phi) is 6.55. The Bertz CT molecular complexity index is 1530. The van der Waals surface area contributed by atoms with Crippen molar-refractivity contribution in [1.82, 2.24) is 8.87 Å². The molecule has 0 unspecified atom stereocenters. The topological polar surface area (TPSA) is 115 Å². The van der Waals surface area contributed by atoms with E-state index in [1.54, 1.807) is 23.7 Å². The van der Waals surface area contributed by atoms with Crippen LogP contribution in [0.25, 0.3) is 10.2 Å². The van der Waals surface area contributed by atoms with Gasteiger partial charge in [-0.15, -0.1) is 0 Å². The van der Waals surface area contributed by atoms with Crippen LogP contribution in [-0.2, 0) is 31.6 Å². The van der Waals surface area contributed by atoms with E-state index in [4.69, 9.17) is 4.74 Å². The van der Waals surface area contributed by atoms with Crippen molar-refractivity contribution in [1.29, 1.82) is 0 Å². The van der Waals surface area contributed by atoms with Crippen molar-refractivity contribution >= 4 is 47.3 Å². The van der Waals surface area contributed by atoms with E-state index in [1.807, 2.05) is 13.8 Å². The molecule has 1 amide bonds. The van der Waals surface area contributed by atoms with Crippen molar-refractivity contribution in [2.45, 2.75) is 35.8 Å². The van der Waals surface area contributed by atoms with Crippen LogP contribution in [0.1, 0.15) is 24.2 Å². The Morgan fingerprint density at radius 1 is 1.00 bits per heavy atom. The predicted octanol–water partition coefficient (Wildman–Crippen LogP) is 2.18. The van der Waals surface area contributed by atoms with E-state index >= 15 is 0 Å². The van der Waals surface area contributed by atoms with Crippen molar-refractivity contribution in [2.24, 2.45) is 12.0 Å². The second-order valence-corrected chi connectivity index (χ2v) is 13.3. The molecule has 0 aliphatic carbocycles. The van der Waals surface area contributed by atoms with E-state index in [-0.39, 0.29) is 40.7 Å². The van der Waals surface area contributed by atoms with Gasteiger partial charge in [-0.25, -0.2) is 16.8 Å². The highest BCUT2D eigenvalue weighted by atomic mass is 32.2. The van der Waals surface area contributed by atoms with Gasteiger partial charge in [-0.1, -0.05) is 11.3 Å². The number of hydrogen-bond donors (Lipinski definition) is 0. The molecule has 1 saturated heterocycles. The summed E-state index contributed by atoms with van der Waals surface area (Å²) < 4.78 is 59.1. The van der Waals surface area contributed by atoms with E-state index in [1.165, 1.54) is 46.0 Å². The van der Waals surface area contributed by atoms with Gasteiger partial charge in [0.05, 0.1) is 32.2 Å². The van der Waals surface area contributed by atoms with E-state index < -0.39 is 25.8 Å². The maximum Gasteiger partial charge on any atom is 0.279 e. The Morgan fingerprint density at radius 3 is 2.18 bits per heavy atom. The lowest BCUT2D eigenvalue weighted by Gasteiger charge is -2.34. The first kappa shape index (κ1) is 24.7. The van der Waals surface area contributed by atoms with Crippen LogP contribution in [0, 0.1) is 0 Å². The number of thiazole rings is 1. The maximum absolute atomic E-state index is 13.0. The highest BCUT2D eigenvalue weighted by molar-refractivity contribution is 7.90. The van der Waals surface area contributed by atoms with Crippen molar-refractivity contribution in [2.75, 3.05) is 19.3 Å². The summed E-state index contributed by atoms with van der Waals surface area (Å²) in [6, 6.07) is 10.5. The van der Waals surface area contributed by atoms with Crippen LogP contribution in [0.5, 0.6) is 0 Å². The van der Waals surface area contributed by atoms with Crippen molar-refractivity contribution in [3.05, 3.63) is 52.8 Å². The van der Waals surface area contributed by atoms with Crippen molar-refractivity contribution in [3.8, 4) is 0 Å². The molecule has 1 fully saturated rings. The molecule has 2 heterocycles. The molecule has 9 nitrogen and oxygen atoms in total. The highest BCUT2D eigenvalue weighted by Crippen LogP contribution is 2.23. The summed E-state index contributed by atoms with van der Waals surface area (Å²) in [6.45, 7) is 4.20. The van der Waals surface area contributed by atoms with Gasteiger partial charge in [0, 0.05) is 32.0 Å². The summed E-state index contributed by atoms with van der Waals surface area (Å²) in [6.07, 6.45) is 0.739. The third-order valence-electron chi connectivity index (χ3n) is 5.53. The Labute approximate surface area is 202 Å². The van der Waals surface area contributed by atoms with E-state index in [2.05, 4.69) is 4.99 Å². The number of amides is 1. The molecule has 34 heavy (non-hydrogen) atoms. The fourth-order valence-corrected chi connectivity index (χ4v) is 7.22. The molecular formula is C22H25N3O6S3. The molecule has 0 saturated carbocycles. The van der Waals surface area contributed by atoms with Gasteiger partial charge in [-0.3, -0.25) is 4.79 Å². The number of carbonyl (C=O) groups is 1. The molecule has 0 bridgehead atoms. The number of carbonyl (C=O) groups excluding carboxylic acids is 1. The summed E-state index contributed by atoms with van der Waals surface area (Å²) in [7, 11) is -5.32. The number of nitrogens with zero attached hydrogens (tertiary/aromatic N) is 3. The summed E-state index contributed by atoms with van der Waals surface area (Å²) in [4.78, 5) is 17.6. The third kappa shape index (κ3) is 4.86. The number of hydrogen-bond acceptors (Lipinski definition) is 7. The first-order valence-corrected chi connectivity index (χ1v) is 14.7. The zero-order chi connectivity index (χ0) is 24.8. The summed E-state index contributed by atoms with van der Waals surface area (Å²) in [5.41, 5.74) is 0.997. The normalized spacial score (nSPS) is 20.6. The van der Waals surface area contributed by atoms with Crippen molar-refractivity contribution in [3.63, 3.8) is 0 Å². The van der Waals surface area contributed by atoms with Crippen LogP contribution in [0.3, 0.4) is 0 Å². The minimum absolute atomic E-state index is 0.103. The monoisotopic (exact) mass is 523 g/mol. The van der Waals surface area contributed by atoms with E-state index in [0.717, 1.165) is 11.8 Å². The maximum atomic E-state index is 13.0. The highest BCUT2D eigenvalue weighted by Gasteiger charge is 2.32. The van der Waals surface area contributed by atoms with Gasteiger partial charge in [0.25, 0.3) is 5.91 Å². The van der Waals surface area contributed by atoms with Gasteiger partial charge < -0.3 is 9.30 Å². The van der Waals surface area contributed by atoms with Crippen LogP contribution < -0.4 is 4.80 Å². The quantitative estimate of drug-likeness (QED) is 0.518. The molecule has 12 heteroatoms. The van der Waals surface area contributed by atoms with E-state index in [0.29, 0.717) is 9.50 Å². The van der Waals surface area contributed by atoms with Crippen LogP contribution in [0.15, 0.2) is 57.2 Å². The molecule has 182 valence electrons. The molecule has 0 radical (unpaired) electrons. The number of sulfone groups is 1. The average molecular weight is 524 g/mol. The van der Waals surface area contributed by atoms with Gasteiger partial charge in [-0.2, -0.15) is 9.30 Å². The summed E-state index contributed by atoms with van der Waals surface area (Å²) >= 11 is 1.20. The van der Waals surface area contributed by atoms with Crippen LogP contribution in [-0.4, -0.2) is 63.2 Å². The number of benzene rings is 2. The number of fused-ring (bicyclic) bond motifs is 1. The van der Waals surface area contributed by atoms with Gasteiger partial charge in [0.2, 0.25) is 10.0 Å². The lowest BCUT2D eigenvalue weighted by atomic mass is 10.2. The molecule has 1 aliphatic rings. The third-order valence-corrected chi connectivity index (χ3v) is 9.58. The Morgan fingerprint density at radius 2 is 1.59 bits per heavy atom.